The van der Waals surface area contributed by atoms with Gasteiger partial charge in [-0.15, -0.1) is 0 Å². The number of hydrogen-bond acceptors (Lipinski definition) is 7. The molecule has 0 saturated carbocycles. The van der Waals surface area contributed by atoms with Crippen molar-refractivity contribution in [3.05, 3.63) is 46.7 Å². The average molecular weight is 418 g/mol. The first-order chi connectivity index (χ1) is 14.1. The van der Waals surface area contributed by atoms with Crippen LogP contribution in [0.5, 0.6) is 0 Å². The van der Waals surface area contributed by atoms with Gasteiger partial charge in [0.1, 0.15) is 6.04 Å². The van der Waals surface area contributed by atoms with Gasteiger partial charge in [0.2, 0.25) is 5.78 Å². The topological polar surface area (TPSA) is 128 Å². The van der Waals surface area contributed by atoms with Crippen molar-refractivity contribution in [3.63, 3.8) is 0 Å². The Labute approximate surface area is 174 Å². The van der Waals surface area contributed by atoms with E-state index in [2.05, 4.69) is 10.3 Å². The Bertz CT molecular complexity index is 941. The SMILES string of the molecule is COC(=O)c1c(C)[nH]c(C(=O)[C@H](C)OC(=O)[C@@H](NC(=O)c2ccco2)C(C)C)c1C. The van der Waals surface area contributed by atoms with Gasteiger partial charge >= 0.3 is 11.9 Å². The summed E-state index contributed by atoms with van der Waals surface area (Å²) in [5.74, 6) is -2.61. The van der Waals surface area contributed by atoms with Crippen molar-refractivity contribution in [1.29, 1.82) is 0 Å². The van der Waals surface area contributed by atoms with Gasteiger partial charge in [0.25, 0.3) is 5.91 Å². The minimum atomic E-state index is -1.14. The second kappa shape index (κ2) is 9.43. The number of furan rings is 1. The molecule has 162 valence electrons. The molecule has 0 aliphatic heterocycles. The number of aromatic nitrogens is 1. The van der Waals surface area contributed by atoms with Gasteiger partial charge in [0.15, 0.2) is 11.9 Å². The fraction of sp³-hybridized carbons (Fsp3) is 0.429. The summed E-state index contributed by atoms with van der Waals surface area (Å²) >= 11 is 0. The first-order valence-electron chi connectivity index (χ1n) is 9.45. The molecule has 0 saturated heterocycles. The number of esters is 2. The molecule has 2 N–H and O–H groups in total. The number of H-pyrrole nitrogens is 1. The minimum absolute atomic E-state index is 0.0606. The molecule has 0 aliphatic carbocycles. The molecule has 30 heavy (non-hydrogen) atoms. The highest BCUT2D eigenvalue weighted by molar-refractivity contribution is 6.04. The summed E-state index contributed by atoms with van der Waals surface area (Å²) in [6.07, 6.45) is 0.211. The molecule has 2 aromatic rings. The van der Waals surface area contributed by atoms with Crippen LogP contribution in [0.1, 0.15) is 63.4 Å². The zero-order valence-corrected chi connectivity index (χ0v) is 17.8. The Morgan fingerprint density at radius 3 is 2.33 bits per heavy atom. The second-order valence-electron chi connectivity index (χ2n) is 7.23. The second-order valence-corrected chi connectivity index (χ2v) is 7.23. The third kappa shape index (κ3) is 4.79. The highest BCUT2D eigenvalue weighted by Crippen LogP contribution is 2.21. The molecule has 0 aromatic carbocycles. The number of Topliss-reactive ketones (excluding diaryl/α,β-unsaturated/α-hetero) is 1. The van der Waals surface area contributed by atoms with Crippen molar-refractivity contribution in [1.82, 2.24) is 10.3 Å². The summed E-state index contributed by atoms with van der Waals surface area (Å²) in [6.45, 7) is 8.16. The van der Waals surface area contributed by atoms with E-state index in [0.717, 1.165) is 0 Å². The van der Waals surface area contributed by atoms with E-state index in [-0.39, 0.29) is 22.9 Å². The van der Waals surface area contributed by atoms with Crippen molar-refractivity contribution in [2.45, 2.75) is 46.8 Å². The zero-order valence-electron chi connectivity index (χ0n) is 17.8. The lowest BCUT2D eigenvalue weighted by molar-refractivity contribution is -0.149. The number of carbonyl (C=O) groups excluding carboxylic acids is 4. The van der Waals surface area contributed by atoms with E-state index in [4.69, 9.17) is 13.9 Å². The predicted molar refractivity (Wildman–Crippen MR) is 106 cm³/mol. The summed E-state index contributed by atoms with van der Waals surface area (Å²) in [4.78, 5) is 52.5. The number of carbonyl (C=O) groups is 4. The van der Waals surface area contributed by atoms with E-state index in [9.17, 15) is 19.2 Å². The third-order valence-corrected chi connectivity index (χ3v) is 4.69. The molecule has 1 amide bonds. The van der Waals surface area contributed by atoms with E-state index in [1.165, 1.54) is 26.4 Å². The summed E-state index contributed by atoms with van der Waals surface area (Å²) in [6, 6.07) is 2.05. The van der Waals surface area contributed by atoms with Crippen LogP contribution in [0, 0.1) is 19.8 Å². The van der Waals surface area contributed by atoms with E-state index in [0.29, 0.717) is 11.3 Å². The molecule has 0 bridgehead atoms. The Morgan fingerprint density at radius 1 is 1.13 bits per heavy atom. The van der Waals surface area contributed by atoms with Gasteiger partial charge in [0.05, 0.1) is 24.6 Å². The van der Waals surface area contributed by atoms with Gasteiger partial charge in [0, 0.05) is 5.69 Å². The molecule has 0 aliphatic rings. The lowest BCUT2D eigenvalue weighted by Crippen LogP contribution is -2.46. The van der Waals surface area contributed by atoms with Gasteiger partial charge in [-0.05, 0) is 44.4 Å². The maximum atomic E-state index is 12.8. The molecule has 0 spiro atoms. The summed E-state index contributed by atoms with van der Waals surface area (Å²) < 4.78 is 15.1. The summed E-state index contributed by atoms with van der Waals surface area (Å²) in [5.41, 5.74) is 1.32. The smallest absolute Gasteiger partial charge is 0.339 e. The third-order valence-electron chi connectivity index (χ3n) is 4.69. The molecule has 9 nitrogen and oxygen atoms in total. The van der Waals surface area contributed by atoms with Crippen LogP contribution in [0.4, 0.5) is 0 Å². The van der Waals surface area contributed by atoms with E-state index in [1.807, 2.05) is 0 Å². The lowest BCUT2D eigenvalue weighted by Gasteiger charge is -2.22. The fourth-order valence-corrected chi connectivity index (χ4v) is 3.03. The first kappa shape index (κ1) is 22.9. The molecule has 2 rings (SSSR count). The van der Waals surface area contributed by atoms with Crippen molar-refractivity contribution in [3.8, 4) is 0 Å². The molecule has 2 aromatic heterocycles. The molecule has 0 fully saturated rings. The Balaban J connectivity index is 2.14. The van der Waals surface area contributed by atoms with Gasteiger partial charge < -0.3 is 24.2 Å². The number of aromatic amines is 1. The van der Waals surface area contributed by atoms with Crippen LogP contribution in [-0.2, 0) is 14.3 Å². The number of hydrogen-bond donors (Lipinski definition) is 2. The summed E-state index contributed by atoms with van der Waals surface area (Å²) in [5, 5.41) is 2.56. The highest BCUT2D eigenvalue weighted by Gasteiger charge is 2.32. The number of aryl methyl sites for hydroxylation is 1. The van der Waals surface area contributed by atoms with Crippen LogP contribution in [0.15, 0.2) is 22.8 Å². The predicted octanol–water partition coefficient (Wildman–Crippen LogP) is 2.58. The quantitative estimate of drug-likeness (QED) is 0.498. The van der Waals surface area contributed by atoms with Crippen molar-refractivity contribution < 1.29 is 33.1 Å². The van der Waals surface area contributed by atoms with Crippen LogP contribution in [0.25, 0.3) is 0 Å². The lowest BCUT2D eigenvalue weighted by atomic mass is 10.0. The molecule has 0 radical (unpaired) electrons. The minimum Gasteiger partial charge on any atom is -0.465 e. The Morgan fingerprint density at radius 2 is 1.80 bits per heavy atom. The van der Waals surface area contributed by atoms with Gasteiger partial charge in [-0.25, -0.2) is 9.59 Å². The summed E-state index contributed by atoms with van der Waals surface area (Å²) in [7, 11) is 1.25. The largest absolute Gasteiger partial charge is 0.465 e. The van der Waals surface area contributed by atoms with Crippen LogP contribution in [0.3, 0.4) is 0 Å². The molecule has 2 atom stereocenters. The normalized spacial score (nSPS) is 12.9. The van der Waals surface area contributed by atoms with Crippen molar-refractivity contribution in [2.24, 2.45) is 5.92 Å². The zero-order chi connectivity index (χ0) is 22.6. The average Bonchev–Trinajstić information content (AvgIpc) is 3.32. The van der Waals surface area contributed by atoms with Crippen molar-refractivity contribution in [2.75, 3.05) is 7.11 Å². The van der Waals surface area contributed by atoms with Gasteiger partial charge in [-0.2, -0.15) is 0 Å². The number of amides is 1. The number of rotatable bonds is 8. The maximum absolute atomic E-state index is 12.8. The molecule has 2 heterocycles. The van der Waals surface area contributed by atoms with E-state index >= 15 is 0 Å². The van der Waals surface area contributed by atoms with Crippen LogP contribution in [-0.4, -0.2) is 47.9 Å². The van der Waals surface area contributed by atoms with Crippen LogP contribution >= 0.6 is 0 Å². The number of methoxy groups -OCH3 is 1. The Hall–Kier alpha value is -3.36. The highest BCUT2D eigenvalue weighted by atomic mass is 16.5. The van der Waals surface area contributed by atoms with Crippen LogP contribution < -0.4 is 5.32 Å². The molecular weight excluding hydrogens is 392 g/mol. The molecule has 0 unspecified atom stereocenters. The van der Waals surface area contributed by atoms with Gasteiger partial charge in [-0.3, -0.25) is 9.59 Å². The van der Waals surface area contributed by atoms with E-state index in [1.54, 1.807) is 33.8 Å². The number of ketones is 1. The van der Waals surface area contributed by atoms with Crippen molar-refractivity contribution >= 4 is 23.6 Å². The molecular formula is C21H26N2O7. The molecule has 9 heteroatoms. The monoisotopic (exact) mass is 418 g/mol. The fourth-order valence-electron chi connectivity index (χ4n) is 3.03. The number of ether oxygens (including phenoxy) is 2. The van der Waals surface area contributed by atoms with Gasteiger partial charge in [-0.1, -0.05) is 13.8 Å². The van der Waals surface area contributed by atoms with E-state index < -0.39 is 35.8 Å². The number of nitrogens with one attached hydrogen (secondary N) is 2. The standard InChI is InChI=1S/C21H26N2O7/c1-10(2)16(23-19(25)14-8-7-9-29-14)21(27)30-13(5)18(24)17-11(3)15(12(4)22-17)20(26)28-6/h7-10,13,16,22H,1-6H3,(H,23,25)/t13-,16-/m0/s1. The first-order valence-corrected chi connectivity index (χ1v) is 9.45. The van der Waals surface area contributed by atoms with Crippen LogP contribution in [0.2, 0.25) is 0 Å². The maximum Gasteiger partial charge on any atom is 0.339 e. The Kier molecular flexibility index (Phi) is 7.20.